The molecule has 1 unspecified atom stereocenters. The van der Waals surface area contributed by atoms with E-state index in [1.807, 2.05) is 24.3 Å². The number of methoxy groups -OCH3 is 1. The van der Waals surface area contributed by atoms with Gasteiger partial charge in [-0.25, -0.2) is 4.99 Å². The summed E-state index contributed by atoms with van der Waals surface area (Å²) in [5.74, 6) is 0.665. The van der Waals surface area contributed by atoms with Crippen LogP contribution in [0.3, 0.4) is 0 Å². The van der Waals surface area contributed by atoms with Crippen LogP contribution in [-0.4, -0.2) is 62.1 Å². The molecule has 1 atom stereocenters. The first kappa shape index (κ1) is 22.2. The van der Waals surface area contributed by atoms with Crippen LogP contribution in [0.2, 0.25) is 0 Å². The van der Waals surface area contributed by atoms with Crippen molar-refractivity contribution in [3.05, 3.63) is 84.4 Å². The Morgan fingerprint density at radius 1 is 0.882 bits per heavy atom. The summed E-state index contributed by atoms with van der Waals surface area (Å²) in [6.45, 7) is 3.73. The number of benzene rings is 3. The van der Waals surface area contributed by atoms with E-state index in [9.17, 15) is 4.79 Å². The van der Waals surface area contributed by atoms with Crippen LogP contribution in [0.1, 0.15) is 18.0 Å². The third-order valence-electron chi connectivity index (χ3n) is 6.67. The van der Waals surface area contributed by atoms with Crippen LogP contribution in [-0.2, 0) is 9.53 Å². The van der Waals surface area contributed by atoms with Gasteiger partial charge in [0, 0.05) is 37.4 Å². The zero-order valence-corrected chi connectivity index (χ0v) is 19.7. The Labute approximate surface area is 201 Å². The van der Waals surface area contributed by atoms with Gasteiger partial charge in [0.25, 0.3) is 0 Å². The van der Waals surface area contributed by atoms with Gasteiger partial charge in [0.1, 0.15) is 0 Å². The molecule has 6 heteroatoms. The number of fused-ring (bicyclic) bond motifs is 1. The highest BCUT2D eigenvalue weighted by atomic mass is 16.5. The van der Waals surface area contributed by atoms with Crippen molar-refractivity contribution in [2.24, 2.45) is 4.99 Å². The molecule has 5 rings (SSSR count). The van der Waals surface area contributed by atoms with Crippen molar-refractivity contribution in [1.29, 1.82) is 0 Å². The average molecular weight is 455 g/mol. The van der Waals surface area contributed by atoms with Crippen LogP contribution >= 0.6 is 0 Å². The number of nitrogens with zero attached hydrogens (tertiary/aromatic N) is 4. The Morgan fingerprint density at radius 3 is 2.24 bits per heavy atom. The quantitative estimate of drug-likeness (QED) is 0.534. The Balaban J connectivity index is 1.58. The maximum Gasteiger partial charge on any atom is 0.307 e. The number of aliphatic imine (C=N–C) groups is 1. The zero-order chi connectivity index (χ0) is 23.5. The minimum absolute atomic E-state index is 0.196. The predicted octanol–water partition coefficient (Wildman–Crippen LogP) is 4.71. The van der Waals surface area contributed by atoms with Crippen LogP contribution in [0.4, 0.5) is 11.4 Å². The number of carbonyl (C=O) groups excluding carboxylic acids is 1. The third-order valence-corrected chi connectivity index (χ3v) is 6.67. The van der Waals surface area contributed by atoms with Gasteiger partial charge < -0.3 is 19.4 Å². The number of esters is 1. The Hall–Kier alpha value is -3.64. The van der Waals surface area contributed by atoms with E-state index in [2.05, 4.69) is 76.3 Å². The number of piperazine rings is 1. The molecule has 34 heavy (non-hydrogen) atoms. The van der Waals surface area contributed by atoms with Gasteiger partial charge >= 0.3 is 5.97 Å². The fourth-order valence-corrected chi connectivity index (χ4v) is 4.72. The van der Waals surface area contributed by atoms with E-state index in [0.29, 0.717) is 0 Å². The summed E-state index contributed by atoms with van der Waals surface area (Å²) in [7, 11) is 3.60. The van der Waals surface area contributed by atoms with Crippen molar-refractivity contribution >= 4 is 23.3 Å². The van der Waals surface area contributed by atoms with Crippen LogP contribution in [0, 0.1) is 0 Å². The third kappa shape index (κ3) is 4.41. The van der Waals surface area contributed by atoms with Crippen LogP contribution in [0.15, 0.2) is 83.9 Å². The zero-order valence-electron chi connectivity index (χ0n) is 19.7. The summed E-state index contributed by atoms with van der Waals surface area (Å²) < 4.78 is 5.10. The Morgan fingerprint density at radius 2 is 1.53 bits per heavy atom. The second-order valence-corrected chi connectivity index (χ2v) is 8.84. The average Bonchev–Trinajstić information content (AvgIpc) is 2.89. The molecule has 1 fully saturated rings. The van der Waals surface area contributed by atoms with Gasteiger partial charge in [-0.1, -0.05) is 60.7 Å². The lowest BCUT2D eigenvalue weighted by atomic mass is 9.97. The number of hydrogen-bond donors (Lipinski definition) is 0. The lowest BCUT2D eigenvalue weighted by Gasteiger charge is -2.44. The van der Waals surface area contributed by atoms with Crippen LogP contribution in [0.25, 0.3) is 11.1 Å². The number of ether oxygens (including phenoxy) is 1. The highest BCUT2D eigenvalue weighted by Gasteiger charge is 2.36. The lowest BCUT2D eigenvalue weighted by molar-refractivity contribution is -0.141. The fourth-order valence-electron chi connectivity index (χ4n) is 4.72. The predicted molar refractivity (Wildman–Crippen MR) is 136 cm³/mol. The standard InChI is InChI=1S/C28H30N4O2/c1-30-16-18-31(19-17-30)28-29-25-11-7-6-10-24(25)26(20-27(33)34-2)32(28)23-14-12-22(13-15-23)21-8-4-3-5-9-21/h3-15,26H,16-20H2,1-2H3. The molecule has 6 nitrogen and oxygen atoms in total. The summed E-state index contributed by atoms with van der Waals surface area (Å²) in [5, 5.41) is 0. The van der Waals surface area contributed by atoms with Crippen molar-refractivity contribution in [2.45, 2.75) is 12.5 Å². The highest BCUT2D eigenvalue weighted by Crippen LogP contribution is 2.41. The number of hydrogen-bond acceptors (Lipinski definition) is 6. The smallest absolute Gasteiger partial charge is 0.307 e. The summed E-state index contributed by atoms with van der Waals surface area (Å²) in [4.78, 5) is 24.5. The summed E-state index contributed by atoms with van der Waals surface area (Å²) in [6, 6.07) is 26.8. The first-order valence-corrected chi connectivity index (χ1v) is 11.8. The van der Waals surface area contributed by atoms with Gasteiger partial charge in [-0.3, -0.25) is 4.79 Å². The van der Waals surface area contributed by atoms with E-state index in [1.165, 1.54) is 12.7 Å². The molecule has 0 N–H and O–H groups in total. The molecule has 2 aliphatic rings. The second kappa shape index (κ2) is 9.69. The minimum atomic E-state index is -0.231. The molecular formula is C28H30N4O2. The van der Waals surface area contributed by atoms with Gasteiger partial charge in [-0.05, 0) is 36.4 Å². The van der Waals surface area contributed by atoms with Gasteiger partial charge in [-0.2, -0.15) is 0 Å². The molecule has 2 aliphatic heterocycles. The maximum absolute atomic E-state index is 12.5. The van der Waals surface area contributed by atoms with E-state index < -0.39 is 0 Å². The first-order valence-electron chi connectivity index (χ1n) is 11.8. The van der Waals surface area contributed by atoms with Crippen LogP contribution in [0.5, 0.6) is 0 Å². The van der Waals surface area contributed by atoms with Gasteiger partial charge in [0.2, 0.25) is 5.96 Å². The monoisotopic (exact) mass is 454 g/mol. The molecule has 0 bridgehead atoms. The molecule has 0 spiro atoms. The molecule has 0 radical (unpaired) electrons. The van der Waals surface area contributed by atoms with Gasteiger partial charge in [0.15, 0.2) is 0 Å². The Bertz CT molecular complexity index is 1170. The molecular weight excluding hydrogens is 424 g/mol. The molecule has 0 amide bonds. The first-order chi connectivity index (χ1) is 16.6. The number of guanidine groups is 1. The lowest BCUT2D eigenvalue weighted by Crippen LogP contribution is -2.54. The van der Waals surface area contributed by atoms with Crippen molar-refractivity contribution < 1.29 is 9.53 Å². The SMILES string of the molecule is COC(=O)CC1c2ccccc2N=C(N2CCN(C)CC2)N1c1ccc(-c2ccccc2)cc1. The summed E-state index contributed by atoms with van der Waals surface area (Å²) in [5.41, 5.74) is 5.31. The number of carbonyl (C=O) groups is 1. The molecule has 174 valence electrons. The molecule has 0 aliphatic carbocycles. The second-order valence-electron chi connectivity index (χ2n) is 8.84. The molecule has 3 aromatic carbocycles. The van der Waals surface area contributed by atoms with Crippen molar-refractivity contribution in [2.75, 3.05) is 45.2 Å². The molecule has 3 aromatic rings. The molecule has 2 heterocycles. The van der Waals surface area contributed by atoms with E-state index in [0.717, 1.165) is 54.6 Å². The van der Waals surface area contributed by atoms with Crippen molar-refractivity contribution in [3.63, 3.8) is 0 Å². The largest absolute Gasteiger partial charge is 0.469 e. The highest BCUT2D eigenvalue weighted by molar-refractivity contribution is 6.01. The number of anilines is 1. The van der Waals surface area contributed by atoms with Gasteiger partial charge in [-0.15, -0.1) is 0 Å². The van der Waals surface area contributed by atoms with Crippen molar-refractivity contribution in [3.8, 4) is 11.1 Å². The fraction of sp³-hybridized carbons (Fsp3) is 0.286. The summed E-state index contributed by atoms with van der Waals surface area (Å²) in [6.07, 6.45) is 0.251. The molecule has 1 saturated heterocycles. The van der Waals surface area contributed by atoms with E-state index in [-0.39, 0.29) is 18.4 Å². The summed E-state index contributed by atoms with van der Waals surface area (Å²) >= 11 is 0. The Kier molecular flexibility index (Phi) is 6.32. The van der Waals surface area contributed by atoms with E-state index >= 15 is 0 Å². The number of para-hydroxylation sites is 1. The van der Waals surface area contributed by atoms with Crippen LogP contribution < -0.4 is 4.90 Å². The number of rotatable bonds is 4. The van der Waals surface area contributed by atoms with Crippen molar-refractivity contribution in [1.82, 2.24) is 9.80 Å². The molecule has 0 aromatic heterocycles. The maximum atomic E-state index is 12.5. The number of likely N-dealkylation sites (N-methyl/N-ethyl adjacent to an activating group) is 1. The molecule has 0 saturated carbocycles. The minimum Gasteiger partial charge on any atom is -0.469 e. The van der Waals surface area contributed by atoms with E-state index in [4.69, 9.17) is 9.73 Å². The van der Waals surface area contributed by atoms with E-state index in [1.54, 1.807) is 0 Å². The van der Waals surface area contributed by atoms with Gasteiger partial charge in [0.05, 0.1) is 25.3 Å². The topological polar surface area (TPSA) is 48.4 Å². The normalized spacial score (nSPS) is 18.3.